The maximum atomic E-state index is 6.88. The van der Waals surface area contributed by atoms with Crippen LogP contribution in [-0.4, -0.2) is 19.5 Å². The Hall–Kier alpha value is -7.83. The van der Waals surface area contributed by atoms with E-state index < -0.39 is 0 Å². The standard InChI is InChI=1S/C51H30N4O2/c1-3-13-31(14-4-1)35-19-11-20-39-40-21-12-23-44(48(40)57-47(35)39)55-42-22-9-7-17-36(42)41-29-33(26-28-43(41)55)50-52-49(32-15-5-2-6-16-32)53-51(54-50)34-25-27-38-37-18-8-10-24-45(37)56-46(38)30-34/h1-30H. The quantitative estimate of drug-likeness (QED) is 0.176. The molecule has 0 aliphatic heterocycles. The molecular formula is C51H30N4O2. The van der Waals surface area contributed by atoms with Gasteiger partial charge in [-0.05, 0) is 54.1 Å². The first-order chi connectivity index (χ1) is 28.2. The minimum Gasteiger partial charge on any atom is -0.456 e. The summed E-state index contributed by atoms with van der Waals surface area (Å²) in [7, 11) is 0. The van der Waals surface area contributed by atoms with Crippen LogP contribution >= 0.6 is 0 Å². The highest BCUT2D eigenvalue weighted by Gasteiger charge is 2.21. The zero-order valence-corrected chi connectivity index (χ0v) is 30.4. The largest absolute Gasteiger partial charge is 0.456 e. The highest BCUT2D eigenvalue weighted by Crippen LogP contribution is 2.41. The fourth-order valence-corrected chi connectivity index (χ4v) is 8.41. The van der Waals surface area contributed by atoms with Crippen molar-refractivity contribution in [2.45, 2.75) is 0 Å². The lowest BCUT2D eigenvalue weighted by atomic mass is 10.0. The lowest BCUT2D eigenvalue weighted by Gasteiger charge is -2.10. The van der Waals surface area contributed by atoms with Crippen molar-refractivity contribution in [1.29, 1.82) is 0 Å². The molecule has 266 valence electrons. The fraction of sp³-hybridized carbons (Fsp3) is 0. The molecule has 6 nitrogen and oxygen atoms in total. The molecule has 0 unspecified atom stereocenters. The Kier molecular flexibility index (Phi) is 6.83. The molecule has 4 heterocycles. The summed E-state index contributed by atoms with van der Waals surface area (Å²) in [5.41, 5.74) is 11.4. The van der Waals surface area contributed by atoms with E-state index in [2.05, 4.69) is 126 Å². The van der Waals surface area contributed by atoms with Crippen molar-refractivity contribution in [1.82, 2.24) is 19.5 Å². The molecule has 12 rings (SSSR count). The average Bonchev–Trinajstić information content (AvgIpc) is 3.96. The Morgan fingerprint density at radius 3 is 1.72 bits per heavy atom. The number of furan rings is 2. The van der Waals surface area contributed by atoms with Gasteiger partial charge in [0.1, 0.15) is 16.7 Å². The molecule has 0 spiro atoms. The molecule has 0 bridgehead atoms. The van der Waals surface area contributed by atoms with Gasteiger partial charge in [0.05, 0.1) is 16.7 Å². The summed E-state index contributed by atoms with van der Waals surface area (Å²) >= 11 is 0. The Balaban J connectivity index is 1.05. The van der Waals surface area contributed by atoms with Gasteiger partial charge in [0, 0.05) is 54.6 Å². The zero-order chi connectivity index (χ0) is 37.5. The number of para-hydroxylation sites is 4. The van der Waals surface area contributed by atoms with Crippen LogP contribution in [0.15, 0.2) is 191 Å². The first-order valence-corrected chi connectivity index (χ1v) is 19.0. The Labute approximate surface area is 325 Å². The number of benzene rings is 8. The normalized spacial score (nSPS) is 11.9. The minimum absolute atomic E-state index is 0.579. The van der Waals surface area contributed by atoms with E-state index >= 15 is 0 Å². The lowest BCUT2D eigenvalue weighted by Crippen LogP contribution is -2.00. The topological polar surface area (TPSA) is 69.9 Å². The molecule has 8 aromatic carbocycles. The molecule has 12 aromatic rings. The third-order valence-corrected chi connectivity index (χ3v) is 11.1. The molecule has 0 fully saturated rings. The number of nitrogens with zero attached hydrogens (tertiary/aromatic N) is 4. The van der Waals surface area contributed by atoms with Crippen molar-refractivity contribution in [3.8, 4) is 51.0 Å². The van der Waals surface area contributed by atoms with Crippen LogP contribution in [0.2, 0.25) is 0 Å². The highest BCUT2D eigenvalue weighted by atomic mass is 16.3. The van der Waals surface area contributed by atoms with Crippen molar-refractivity contribution >= 4 is 65.7 Å². The van der Waals surface area contributed by atoms with Gasteiger partial charge in [-0.25, -0.2) is 15.0 Å². The fourth-order valence-electron chi connectivity index (χ4n) is 8.41. The van der Waals surface area contributed by atoms with Crippen molar-refractivity contribution in [2.75, 3.05) is 0 Å². The molecule has 0 aliphatic carbocycles. The van der Waals surface area contributed by atoms with Gasteiger partial charge < -0.3 is 13.4 Å². The van der Waals surface area contributed by atoms with E-state index in [1.807, 2.05) is 60.7 Å². The molecule has 0 N–H and O–H groups in total. The molecule has 0 saturated carbocycles. The molecule has 6 heteroatoms. The Bertz CT molecular complexity index is 3530. The Morgan fingerprint density at radius 2 is 0.912 bits per heavy atom. The third kappa shape index (κ3) is 4.94. The van der Waals surface area contributed by atoms with Crippen LogP contribution in [0.25, 0.3) is 117 Å². The number of hydrogen-bond donors (Lipinski definition) is 0. The molecular weight excluding hydrogens is 701 g/mol. The van der Waals surface area contributed by atoms with E-state index in [9.17, 15) is 0 Å². The number of rotatable bonds is 5. The molecule has 0 amide bonds. The van der Waals surface area contributed by atoms with Crippen molar-refractivity contribution in [3.05, 3.63) is 182 Å². The second-order valence-electron chi connectivity index (χ2n) is 14.4. The van der Waals surface area contributed by atoms with Crippen LogP contribution in [0.1, 0.15) is 0 Å². The van der Waals surface area contributed by atoms with Gasteiger partial charge >= 0.3 is 0 Å². The number of fused-ring (bicyclic) bond motifs is 9. The summed E-state index contributed by atoms with van der Waals surface area (Å²) in [5, 5.41) is 6.53. The lowest BCUT2D eigenvalue weighted by molar-refractivity contribution is 0.667. The zero-order valence-electron chi connectivity index (χ0n) is 30.4. The van der Waals surface area contributed by atoms with E-state index in [0.29, 0.717) is 17.5 Å². The second-order valence-corrected chi connectivity index (χ2v) is 14.4. The SMILES string of the molecule is c1ccc(-c2nc(-c3ccc4c(c3)oc3ccccc34)nc(-c3ccc4c(c3)c3ccccc3n4-c3cccc4c3oc3c(-c5ccccc5)cccc34)n2)cc1. The summed E-state index contributed by atoms with van der Waals surface area (Å²) in [6.07, 6.45) is 0. The van der Waals surface area contributed by atoms with Gasteiger partial charge in [0.25, 0.3) is 0 Å². The monoisotopic (exact) mass is 730 g/mol. The van der Waals surface area contributed by atoms with Gasteiger partial charge in [0.2, 0.25) is 0 Å². The maximum absolute atomic E-state index is 6.88. The number of hydrogen-bond acceptors (Lipinski definition) is 5. The van der Waals surface area contributed by atoms with E-state index in [1.54, 1.807) is 0 Å². The minimum atomic E-state index is 0.579. The summed E-state index contributed by atoms with van der Waals surface area (Å²) in [4.78, 5) is 15.2. The van der Waals surface area contributed by atoms with Crippen molar-refractivity contribution in [2.24, 2.45) is 0 Å². The average molecular weight is 731 g/mol. The van der Waals surface area contributed by atoms with Gasteiger partial charge in [-0.1, -0.05) is 133 Å². The molecule has 0 radical (unpaired) electrons. The predicted octanol–water partition coefficient (Wildman–Crippen LogP) is 13.4. The van der Waals surface area contributed by atoms with E-state index in [4.69, 9.17) is 23.8 Å². The Morgan fingerprint density at radius 1 is 0.333 bits per heavy atom. The summed E-state index contributed by atoms with van der Waals surface area (Å²) < 4.78 is 15.5. The maximum Gasteiger partial charge on any atom is 0.164 e. The summed E-state index contributed by atoms with van der Waals surface area (Å²) in [6.45, 7) is 0. The van der Waals surface area contributed by atoms with Crippen LogP contribution < -0.4 is 0 Å². The smallest absolute Gasteiger partial charge is 0.164 e. The molecule has 57 heavy (non-hydrogen) atoms. The van der Waals surface area contributed by atoms with Crippen LogP contribution in [-0.2, 0) is 0 Å². The van der Waals surface area contributed by atoms with Crippen LogP contribution in [0.5, 0.6) is 0 Å². The molecule has 4 aromatic heterocycles. The van der Waals surface area contributed by atoms with E-state index in [1.165, 1.54) is 0 Å². The summed E-state index contributed by atoms with van der Waals surface area (Å²) in [5.74, 6) is 1.78. The van der Waals surface area contributed by atoms with Crippen LogP contribution in [0.4, 0.5) is 0 Å². The first kappa shape index (κ1) is 31.5. The summed E-state index contributed by atoms with van der Waals surface area (Å²) in [6, 6.07) is 62.6. The van der Waals surface area contributed by atoms with Crippen LogP contribution in [0.3, 0.4) is 0 Å². The molecule has 0 atom stereocenters. The van der Waals surface area contributed by atoms with Gasteiger partial charge in [-0.3, -0.25) is 0 Å². The van der Waals surface area contributed by atoms with Crippen LogP contribution in [0, 0.1) is 0 Å². The van der Waals surface area contributed by atoms with Gasteiger partial charge in [0.15, 0.2) is 23.1 Å². The van der Waals surface area contributed by atoms with Gasteiger partial charge in [-0.15, -0.1) is 0 Å². The molecule has 0 aliphatic rings. The first-order valence-electron chi connectivity index (χ1n) is 19.0. The van der Waals surface area contributed by atoms with E-state index in [-0.39, 0.29) is 0 Å². The second kappa shape index (κ2) is 12.3. The van der Waals surface area contributed by atoms with E-state index in [0.717, 1.165) is 99.2 Å². The van der Waals surface area contributed by atoms with Crippen molar-refractivity contribution < 1.29 is 8.83 Å². The predicted molar refractivity (Wildman–Crippen MR) is 230 cm³/mol. The number of aromatic nitrogens is 4. The third-order valence-electron chi connectivity index (χ3n) is 11.1. The highest BCUT2D eigenvalue weighted by molar-refractivity contribution is 6.15. The van der Waals surface area contributed by atoms with Crippen molar-refractivity contribution in [3.63, 3.8) is 0 Å². The van der Waals surface area contributed by atoms with Gasteiger partial charge in [-0.2, -0.15) is 0 Å². The molecule has 0 saturated heterocycles.